The molecule has 0 aliphatic rings. The molecule has 0 aromatic carbocycles. The highest BCUT2D eigenvalue weighted by molar-refractivity contribution is 5.89. The quantitative estimate of drug-likeness (QED) is 0.504. The minimum absolute atomic E-state index is 0. The summed E-state index contributed by atoms with van der Waals surface area (Å²) in [6.07, 6.45) is 0. The number of hydrogen-bond acceptors (Lipinski definition) is 5. The summed E-state index contributed by atoms with van der Waals surface area (Å²) in [5.74, 6) is -6.37. The van der Waals surface area contributed by atoms with Gasteiger partial charge in [0, 0.05) is 6.07 Å². The van der Waals surface area contributed by atoms with Gasteiger partial charge in [-0.2, -0.15) is 0 Å². The highest BCUT2D eigenvalue weighted by Gasteiger charge is 2.20. The molecule has 0 amide bonds. The molecule has 0 spiro atoms. The molecule has 1 rings (SSSR count). The monoisotopic (exact) mass is 254 g/mol. The molecule has 9 N–H and O–H groups in total. The first-order valence-corrected chi connectivity index (χ1v) is 3.27. The molecule has 0 fully saturated rings. The predicted molar refractivity (Wildman–Crippen MR) is 51.4 cm³/mol. The number of carboxylic acid groups (broad SMARTS) is 2. The number of carboxylic acids is 2. The van der Waals surface area contributed by atoms with Crippen LogP contribution in [0.3, 0.4) is 0 Å². The van der Waals surface area contributed by atoms with Crippen molar-refractivity contribution in [3.63, 3.8) is 0 Å². The second-order valence-electron chi connectivity index (χ2n) is 2.26. The Bertz CT molecular complexity index is 458. The Labute approximate surface area is 92.3 Å². The van der Waals surface area contributed by atoms with Gasteiger partial charge in [-0.05, 0) is 0 Å². The molecule has 0 radical (unpaired) electrons. The van der Waals surface area contributed by atoms with E-state index >= 15 is 0 Å². The molecule has 1 aromatic heterocycles. The molecule has 0 bridgehead atoms. The van der Waals surface area contributed by atoms with Crippen molar-refractivity contribution in [2.75, 3.05) is 0 Å². The van der Waals surface area contributed by atoms with Crippen molar-refractivity contribution in [1.29, 1.82) is 0 Å². The lowest BCUT2D eigenvalue weighted by Gasteiger charge is -1.98. The van der Waals surface area contributed by atoms with Crippen LogP contribution in [-0.2, 0) is 0 Å². The Morgan fingerprint density at radius 2 is 1.53 bits per heavy atom. The Kier molecular flexibility index (Phi) is 8.19. The van der Waals surface area contributed by atoms with E-state index in [1.807, 2.05) is 0 Å². The number of hydrogen-bond donors (Lipinski definition) is 3. The van der Waals surface area contributed by atoms with E-state index < -0.39 is 34.6 Å². The predicted octanol–water partition coefficient (Wildman–Crippen LogP) is -2.73. The van der Waals surface area contributed by atoms with Crippen LogP contribution in [-0.4, -0.2) is 43.7 Å². The first-order chi connectivity index (χ1) is 6.43. The lowest BCUT2D eigenvalue weighted by atomic mass is 10.3. The minimum atomic E-state index is -1.72. The molecule has 0 saturated heterocycles. The SMILES string of the molecule is O.O.O.O=C(O)c1cc(=O)c(O)c(C(=O)O)o1. The molecule has 0 aliphatic carbocycles. The zero-order chi connectivity index (χ0) is 10.9. The number of rotatable bonds is 2. The van der Waals surface area contributed by atoms with E-state index in [2.05, 4.69) is 4.42 Å². The number of carbonyl (C=O) groups is 2. The fourth-order valence-electron chi connectivity index (χ4n) is 0.737. The van der Waals surface area contributed by atoms with Crippen molar-refractivity contribution < 1.29 is 45.8 Å². The fourth-order valence-corrected chi connectivity index (χ4v) is 0.737. The second-order valence-corrected chi connectivity index (χ2v) is 2.26. The van der Waals surface area contributed by atoms with Crippen molar-refractivity contribution >= 4 is 11.9 Å². The van der Waals surface area contributed by atoms with Crippen LogP contribution in [0.25, 0.3) is 0 Å². The summed E-state index contributed by atoms with van der Waals surface area (Å²) >= 11 is 0. The van der Waals surface area contributed by atoms with Crippen LogP contribution >= 0.6 is 0 Å². The zero-order valence-electron chi connectivity index (χ0n) is 8.05. The summed E-state index contributed by atoms with van der Waals surface area (Å²) in [6, 6.07) is 0.490. The molecule has 98 valence electrons. The van der Waals surface area contributed by atoms with E-state index in [1.165, 1.54) is 0 Å². The highest BCUT2D eigenvalue weighted by Crippen LogP contribution is 2.13. The average molecular weight is 254 g/mol. The second kappa shape index (κ2) is 6.95. The lowest BCUT2D eigenvalue weighted by Crippen LogP contribution is -2.11. The lowest BCUT2D eigenvalue weighted by molar-refractivity contribution is 0.0618. The average Bonchev–Trinajstić information content (AvgIpc) is 2.08. The molecule has 1 heterocycles. The topological polar surface area (TPSA) is 220 Å². The number of aromatic hydroxyl groups is 1. The smallest absolute Gasteiger partial charge is 0.375 e. The maximum absolute atomic E-state index is 10.8. The Hall–Kier alpha value is -2.43. The van der Waals surface area contributed by atoms with Crippen LogP contribution in [0.4, 0.5) is 0 Å². The maximum atomic E-state index is 10.8. The summed E-state index contributed by atoms with van der Waals surface area (Å²) in [6.45, 7) is 0. The van der Waals surface area contributed by atoms with E-state index in [9.17, 15) is 14.4 Å². The fraction of sp³-hybridized carbons (Fsp3) is 0. The van der Waals surface area contributed by atoms with Crippen molar-refractivity contribution in [3.05, 3.63) is 27.8 Å². The van der Waals surface area contributed by atoms with Gasteiger partial charge in [0.1, 0.15) is 0 Å². The Morgan fingerprint density at radius 3 is 1.88 bits per heavy atom. The van der Waals surface area contributed by atoms with Crippen LogP contribution in [0.5, 0.6) is 5.75 Å². The summed E-state index contributed by atoms with van der Waals surface area (Å²) in [7, 11) is 0. The molecule has 10 heteroatoms. The molecule has 10 nitrogen and oxygen atoms in total. The first kappa shape index (κ1) is 20.0. The van der Waals surface area contributed by atoms with Crippen molar-refractivity contribution in [2.24, 2.45) is 0 Å². The first-order valence-electron chi connectivity index (χ1n) is 3.27. The summed E-state index contributed by atoms with van der Waals surface area (Å²) in [5, 5.41) is 25.7. The molecular formula is C7H10O10. The third-order valence-corrected chi connectivity index (χ3v) is 1.33. The van der Waals surface area contributed by atoms with E-state index in [0.29, 0.717) is 6.07 Å². The molecule has 1 aromatic rings. The largest absolute Gasteiger partial charge is 0.501 e. The number of aromatic carboxylic acids is 2. The molecule has 0 aliphatic heterocycles. The third-order valence-electron chi connectivity index (χ3n) is 1.33. The van der Waals surface area contributed by atoms with Gasteiger partial charge in [-0.3, -0.25) is 4.79 Å². The van der Waals surface area contributed by atoms with Gasteiger partial charge in [-0.15, -0.1) is 0 Å². The Balaban J connectivity index is -0.000000653. The van der Waals surface area contributed by atoms with Gasteiger partial charge in [0.25, 0.3) is 5.76 Å². The zero-order valence-corrected chi connectivity index (χ0v) is 8.05. The van der Waals surface area contributed by atoms with Crippen LogP contribution in [0.1, 0.15) is 21.1 Å². The summed E-state index contributed by atoms with van der Waals surface area (Å²) in [5.41, 5.74) is -1.12. The van der Waals surface area contributed by atoms with Gasteiger partial charge in [0.05, 0.1) is 0 Å². The van der Waals surface area contributed by atoms with Crippen LogP contribution in [0, 0.1) is 0 Å². The summed E-state index contributed by atoms with van der Waals surface area (Å²) < 4.78 is 4.26. The maximum Gasteiger partial charge on any atom is 0.375 e. The van der Waals surface area contributed by atoms with Crippen molar-refractivity contribution in [1.82, 2.24) is 0 Å². The van der Waals surface area contributed by atoms with E-state index in [0.717, 1.165) is 0 Å². The van der Waals surface area contributed by atoms with Crippen LogP contribution in [0.2, 0.25) is 0 Å². The Morgan fingerprint density at radius 1 is 1.06 bits per heavy atom. The molecule has 0 unspecified atom stereocenters. The van der Waals surface area contributed by atoms with Gasteiger partial charge in [0.15, 0.2) is 0 Å². The minimum Gasteiger partial charge on any atom is -0.501 e. The third kappa shape index (κ3) is 3.90. The molecule has 17 heavy (non-hydrogen) atoms. The summed E-state index contributed by atoms with van der Waals surface area (Å²) in [4.78, 5) is 31.5. The van der Waals surface area contributed by atoms with Crippen LogP contribution in [0.15, 0.2) is 15.3 Å². The van der Waals surface area contributed by atoms with Gasteiger partial charge >= 0.3 is 11.9 Å². The molecule has 0 atom stereocenters. The van der Waals surface area contributed by atoms with E-state index in [1.54, 1.807) is 0 Å². The van der Waals surface area contributed by atoms with Crippen molar-refractivity contribution in [2.45, 2.75) is 0 Å². The standard InChI is InChI=1S/C7H4O7.3H2O/c8-2-1-3(6(10)11)14-5(4(2)9)7(12)13;;;/h1,9H,(H,10,11)(H,12,13);3*1H2. The van der Waals surface area contributed by atoms with Gasteiger partial charge in [-0.1, -0.05) is 0 Å². The van der Waals surface area contributed by atoms with Crippen molar-refractivity contribution in [3.8, 4) is 5.75 Å². The van der Waals surface area contributed by atoms with E-state index in [4.69, 9.17) is 15.3 Å². The van der Waals surface area contributed by atoms with E-state index in [-0.39, 0.29) is 16.4 Å². The normalized spacial score (nSPS) is 8.00. The highest BCUT2D eigenvalue weighted by atomic mass is 16.4. The van der Waals surface area contributed by atoms with Gasteiger partial charge in [-0.25, -0.2) is 9.59 Å². The molecular weight excluding hydrogens is 244 g/mol. The van der Waals surface area contributed by atoms with Gasteiger partial charge in [0.2, 0.25) is 16.9 Å². The molecule has 0 saturated carbocycles. The van der Waals surface area contributed by atoms with Gasteiger partial charge < -0.3 is 36.2 Å². The van der Waals surface area contributed by atoms with Crippen LogP contribution < -0.4 is 5.43 Å².